The summed E-state index contributed by atoms with van der Waals surface area (Å²) in [7, 11) is -1.93. The molecular formula is C20H26N2O4S. The van der Waals surface area contributed by atoms with Crippen molar-refractivity contribution in [2.24, 2.45) is 0 Å². The molecule has 0 bridgehead atoms. The third-order valence-corrected chi connectivity index (χ3v) is 6.97. The highest BCUT2D eigenvalue weighted by atomic mass is 32.2. The van der Waals surface area contributed by atoms with Crippen LogP contribution in [0, 0.1) is 6.92 Å². The highest BCUT2D eigenvalue weighted by Crippen LogP contribution is 2.26. The SMILES string of the molecule is Cc1ccc(CN(C)C(=O)c2cccc(S(=O)(=O)N3CCCCC3C)c2)o1. The summed E-state index contributed by atoms with van der Waals surface area (Å²) < 4.78 is 33.1. The number of sulfonamides is 1. The number of nitrogens with zero attached hydrogens (tertiary/aromatic N) is 2. The Morgan fingerprint density at radius 2 is 2.04 bits per heavy atom. The summed E-state index contributed by atoms with van der Waals surface area (Å²) in [6, 6.07) is 9.96. The lowest BCUT2D eigenvalue weighted by atomic mass is 10.1. The van der Waals surface area contributed by atoms with Crippen LogP contribution in [0.1, 0.15) is 48.1 Å². The number of hydrogen-bond donors (Lipinski definition) is 0. The van der Waals surface area contributed by atoms with E-state index in [0.29, 0.717) is 24.4 Å². The number of furan rings is 1. The number of hydrogen-bond acceptors (Lipinski definition) is 4. The van der Waals surface area contributed by atoms with E-state index >= 15 is 0 Å². The van der Waals surface area contributed by atoms with Crippen molar-refractivity contribution >= 4 is 15.9 Å². The maximum atomic E-state index is 13.0. The Balaban J connectivity index is 1.81. The molecule has 1 aromatic heterocycles. The largest absolute Gasteiger partial charge is 0.464 e. The van der Waals surface area contributed by atoms with Gasteiger partial charge in [0, 0.05) is 25.2 Å². The molecule has 1 atom stereocenters. The molecule has 1 aliphatic rings. The van der Waals surface area contributed by atoms with Crippen LogP contribution in [0.4, 0.5) is 0 Å². The molecule has 1 amide bonds. The first kappa shape index (κ1) is 19.6. The van der Waals surface area contributed by atoms with Crippen molar-refractivity contribution in [3.05, 3.63) is 53.5 Å². The van der Waals surface area contributed by atoms with Crippen LogP contribution in [-0.2, 0) is 16.6 Å². The summed E-state index contributed by atoms with van der Waals surface area (Å²) in [4.78, 5) is 14.4. The van der Waals surface area contributed by atoms with Gasteiger partial charge in [-0.15, -0.1) is 0 Å². The zero-order chi connectivity index (χ0) is 19.6. The molecule has 2 heterocycles. The van der Waals surface area contributed by atoms with Crippen molar-refractivity contribution in [3.8, 4) is 0 Å². The van der Waals surface area contributed by atoms with Crippen LogP contribution in [0.25, 0.3) is 0 Å². The first-order valence-electron chi connectivity index (χ1n) is 9.22. The summed E-state index contributed by atoms with van der Waals surface area (Å²) in [6.07, 6.45) is 2.78. The van der Waals surface area contributed by atoms with Crippen LogP contribution in [0.5, 0.6) is 0 Å². The first-order valence-corrected chi connectivity index (χ1v) is 10.7. The number of piperidine rings is 1. The highest BCUT2D eigenvalue weighted by Gasteiger charge is 2.31. The number of aryl methyl sites for hydroxylation is 1. The third-order valence-electron chi connectivity index (χ3n) is 4.97. The van der Waals surface area contributed by atoms with Gasteiger partial charge in [0.05, 0.1) is 11.4 Å². The summed E-state index contributed by atoms with van der Waals surface area (Å²) in [5, 5.41) is 0. The fourth-order valence-corrected chi connectivity index (χ4v) is 5.20. The van der Waals surface area contributed by atoms with Gasteiger partial charge in [0.2, 0.25) is 10.0 Å². The normalized spacial score (nSPS) is 18.4. The Morgan fingerprint density at radius 1 is 1.26 bits per heavy atom. The monoisotopic (exact) mass is 390 g/mol. The molecule has 146 valence electrons. The first-order chi connectivity index (χ1) is 12.8. The maximum absolute atomic E-state index is 13.0. The van der Waals surface area contributed by atoms with E-state index in [4.69, 9.17) is 4.42 Å². The van der Waals surface area contributed by atoms with Crippen molar-refractivity contribution in [2.75, 3.05) is 13.6 Å². The molecule has 27 heavy (non-hydrogen) atoms. The molecule has 1 fully saturated rings. The van der Waals surface area contributed by atoms with E-state index in [9.17, 15) is 13.2 Å². The van der Waals surface area contributed by atoms with Crippen LogP contribution in [-0.4, -0.2) is 43.2 Å². The maximum Gasteiger partial charge on any atom is 0.254 e. The second-order valence-electron chi connectivity index (χ2n) is 7.16. The predicted octanol–water partition coefficient (Wildman–Crippen LogP) is 3.42. The smallest absolute Gasteiger partial charge is 0.254 e. The third kappa shape index (κ3) is 4.25. The summed E-state index contributed by atoms with van der Waals surface area (Å²) in [6.45, 7) is 4.64. The lowest BCUT2D eigenvalue weighted by Gasteiger charge is -2.32. The molecule has 0 spiro atoms. The summed E-state index contributed by atoms with van der Waals surface area (Å²) in [5.74, 6) is 1.23. The minimum Gasteiger partial charge on any atom is -0.464 e. The minimum atomic E-state index is -3.60. The van der Waals surface area contributed by atoms with Gasteiger partial charge in [0.1, 0.15) is 11.5 Å². The molecular weight excluding hydrogens is 364 g/mol. The standard InChI is InChI=1S/C20H26N2O4S/c1-15-7-4-5-12-22(15)27(24,25)19-9-6-8-17(13-19)20(23)21(3)14-18-11-10-16(2)26-18/h6,8-11,13,15H,4-5,7,12,14H2,1-3H3. The van der Waals surface area contributed by atoms with Crippen molar-refractivity contribution in [3.63, 3.8) is 0 Å². The highest BCUT2D eigenvalue weighted by molar-refractivity contribution is 7.89. The van der Waals surface area contributed by atoms with Gasteiger partial charge in [0.15, 0.2) is 0 Å². The van der Waals surface area contributed by atoms with E-state index in [-0.39, 0.29) is 16.8 Å². The Bertz CT molecular complexity index is 920. The van der Waals surface area contributed by atoms with Crippen molar-refractivity contribution < 1.29 is 17.6 Å². The Labute approximate surface area is 160 Å². The van der Waals surface area contributed by atoms with E-state index in [0.717, 1.165) is 25.0 Å². The summed E-state index contributed by atoms with van der Waals surface area (Å²) >= 11 is 0. The molecule has 0 radical (unpaired) electrons. The van der Waals surface area contributed by atoms with E-state index in [2.05, 4.69) is 0 Å². The van der Waals surface area contributed by atoms with Crippen molar-refractivity contribution in [1.82, 2.24) is 9.21 Å². The quantitative estimate of drug-likeness (QED) is 0.784. The van der Waals surface area contributed by atoms with Crippen LogP contribution < -0.4 is 0 Å². The fourth-order valence-electron chi connectivity index (χ4n) is 3.45. The topological polar surface area (TPSA) is 70.8 Å². The van der Waals surface area contributed by atoms with E-state index in [1.807, 2.05) is 26.0 Å². The lowest BCUT2D eigenvalue weighted by Crippen LogP contribution is -2.42. The van der Waals surface area contributed by atoms with Gasteiger partial charge in [-0.3, -0.25) is 4.79 Å². The molecule has 1 aromatic carbocycles. The number of amides is 1. The average molecular weight is 391 g/mol. The summed E-state index contributed by atoms with van der Waals surface area (Å²) in [5.41, 5.74) is 0.353. The van der Waals surface area contributed by atoms with Gasteiger partial charge in [-0.2, -0.15) is 4.31 Å². The number of carbonyl (C=O) groups excluding carboxylic acids is 1. The predicted molar refractivity (Wildman–Crippen MR) is 103 cm³/mol. The molecule has 1 aliphatic heterocycles. The molecule has 0 aliphatic carbocycles. The van der Waals surface area contributed by atoms with Crippen LogP contribution in [0.3, 0.4) is 0 Å². The van der Waals surface area contributed by atoms with E-state index in [1.54, 1.807) is 29.6 Å². The van der Waals surface area contributed by atoms with Crippen LogP contribution in [0.15, 0.2) is 45.7 Å². The Kier molecular flexibility index (Phi) is 5.72. The number of benzene rings is 1. The molecule has 1 saturated heterocycles. The molecule has 0 N–H and O–H groups in total. The number of rotatable bonds is 5. The minimum absolute atomic E-state index is 0.0204. The zero-order valence-electron chi connectivity index (χ0n) is 16.0. The van der Waals surface area contributed by atoms with Crippen molar-refractivity contribution in [1.29, 1.82) is 0 Å². The second kappa shape index (κ2) is 7.86. The molecule has 0 saturated carbocycles. The zero-order valence-corrected chi connectivity index (χ0v) is 16.8. The number of carbonyl (C=O) groups is 1. The molecule has 3 rings (SSSR count). The lowest BCUT2D eigenvalue weighted by molar-refractivity contribution is 0.0774. The van der Waals surface area contributed by atoms with Gasteiger partial charge < -0.3 is 9.32 Å². The van der Waals surface area contributed by atoms with Gasteiger partial charge in [-0.1, -0.05) is 12.5 Å². The molecule has 7 heteroatoms. The van der Waals surface area contributed by atoms with Gasteiger partial charge in [0.25, 0.3) is 5.91 Å². The molecule has 6 nitrogen and oxygen atoms in total. The van der Waals surface area contributed by atoms with Crippen LogP contribution in [0.2, 0.25) is 0 Å². The second-order valence-corrected chi connectivity index (χ2v) is 9.05. The van der Waals surface area contributed by atoms with Gasteiger partial charge >= 0.3 is 0 Å². The van der Waals surface area contributed by atoms with E-state index < -0.39 is 10.0 Å². The van der Waals surface area contributed by atoms with Crippen LogP contribution >= 0.6 is 0 Å². The van der Waals surface area contributed by atoms with Crippen molar-refractivity contribution in [2.45, 2.75) is 50.6 Å². The Morgan fingerprint density at radius 3 is 2.70 bits per heavy atom. The average Bonchev–Trinajstić information content (AvgIpc) is 3.06. The fraction of sp³-hybridized carbons (Fsp3) is 0.450. The molecule has 1 unspecified atom stereocenters. The van der Waals surface area contributed by atoms with Gasteiger partial charge in [-0.05, 0) is 57.0 Å². The molecule has 2 aromatic rings. The Hall–Kier alpha value is -2.12. The van der Waals surface area contributed by atoms with Gasteiger partial charge in [-0.25, -0.2) is 8.42 Å². The van der Waals surface area contributed by atoms with E-state index in [1.165, 1.54) is 11.0 Å².